The van der Waals surface area contributed by atoms with Crippen LogP contribution in [0.25, 0.3) is 15.9 Å². The van der Waals surface area contributed by atoms with Gasteiger partial charge in [-0.05, 0) is 50.0 Å². The van der Waals surface area contributed by atoms with Crippen molar-refractivity contribution in [1.29, 1.82) is 0 Å². The molecular formula is C23H29N7O2S. The standard InChI is InChI=1S/C23H29N7O2S/c1-6-23(4,5)15-7-8-16-17(11-15)33-22-19(16)21-25-18(27-29(21)12-24-22)9-10-28-14(3)20(30(31)32)13(2)26-28/h12,15H,6-11H2,1-5H3. The Morgan fingerprint density at radius 2 is 2.09 bits per heavy atom. The smallest absolute Gasteiger partial charge is 0.262 e. The van der Waals surface area contributed by atoms with Gasteiger partial charge in [0.1, 0.15) is 22.5 Å². The van der Waals surface area contributed by atoms with Crippen LogP contribution in [0.15, 0.2) is 6.33 Å². The molecule has 0 bridgehead atoms. The average Bonchev–Trinajstić information content (AvgIpc) is 3.43. The lowest BCUT2D eigenvalue weighted by Gasteiger charge is -2.36. The quantitative estimate of drug-likeness (QED) is 0.297. The van der Waals surface area contributed by atoms with E-state index < -0.39 is 0 Å². The van der Waals surface area contributed by atoms with Gasteiger partial charge in [0.2, 0.25) is 0 Å². The molecule has 1 aliphatic rings. The Morgan fingerprint density at radius 1 is 1.30 bits per heavy atom. The van der Waals surface area contributed by atoms with Crippen LogP contribution in [-0.2, 0) is 25.8 Å². The van der Waals surface area contributed by atoms with Crippen molar-refractivity contribution < 1.29 is 4.92 Å². The van der Waals surface area contributed by atoms with Crippen LogP contribution >= 0.6 is 11.3 Å². The molecule has 33 heavy (non-hydrogen) atoms. The minimum absolute atomic E-state index is 0.0818. The Balaban J connectivity index is 1.45. The number of thiophene rings is 1. The highest BCUT2D eigenvalue weighted by atomic mass is 32.1. The molecule has 0 amide bonds. The number of nitro groups is 1. The van der Waals surface area contributed by atoms with E-state index in [2.05, 4.69) is 36.0 Å². The number of rotatable bonds is 6. The van der Waals surface area contributed by atoms with E-state index in [0.717, 1.165) is 28.7 Å². The first kappa shape index (κ1) is 21.9. The molecule has 0 aromatic carbocycles. The summed E-state index contributed by atoms with van der Waals surface area (Å²) in [7, 11) is 0. The first-order valence-electron chi connectivity index (χ1n) is 11.5. The second-order valence-electron chi connectivity index (χ2n) is 9.76. The molecule has 4 heterocycles. The number of fused-ring (bicyclic) bond motifs is 5. The van der Waals surface area contributed by atoms with Crippen LogP contribution in [-0.4, -0.2) is 34.3 Å². The molecule has 0 aliphatic heterocycles. The van der Waals surface area contributed by atoms with Gasteiger partial charge in [0.15, 0.2) is 11.5 Å². The molecule has 9 nitrogen and oxygen atoms in total. The fourth-order valence-electron chi connectivity index (χ4n) is 5.06. The van der Waals surface area contributed by atoms with Crippen molar-refractivity contribution in [3.63, 3.8) is 0 Å². The van der Waals surface area contributed by atoms with Gasteiger partial charge in [-0.25, -0.2) is 14.5 Å². The Hall–Kier alpha value is -2.88. The van der Waals surface area contributed by atoms with Gasteiger partial charge in [-0.1, -0.05) is 27.2 Å². The number of aromatic nitrogens is 6. The summed E-state index contributed by atoms with van der Waals surface area (Å²) < 4.78 is 3.45. The zero-order chi connectivity index (χ0) is 23.5. The van der Waals surface area contributed by atoms with Crippen LogP contribution in [0.3, 0.4) is 0 Å². The Labute approximate surface area is 196 Å². The summed E-state index contributed by atoms with van der Waals surface area (Å²) in [6.07, 6.45) is 6.84. The maximum absolute atomic E-state index is 11.3. The van der Waals surface area contributed by atoms with Gasteiger partial charge < -0.3 is 0 Å². The monoisotopic (exact) mass is 467 g/mol. The fraction of sp³-hybridized carbons (Fsp3) is 0.565. The lowest BCUT2D eigenvalue weighted by Crippen LogP contribution is -2.28. The third kappa shape index (κ3) is 3.60. The second-order valence-corrected chi connectivity index (χ2v) is 10.8. The second kappa shape index (κ2) is 7.86. The molecule has 0 N–H and O–H groups in total. The summed E-state index contributed by atoms with van der Waals surface area (Å²) in [5.74, 6) is 1.39. The number of hydrogen-bond donors (Lipinski definition) is 0. The molecule has 174 valence electrons. The largest absolute Gasteiger partial charge is 0.312 e. The summed E-state index contributed by atoms with van der Waals surface area (Å²) in [5.41, 5.74) is 3.67. The third-order valence-electron chi connectivity index (χ3n) is 7.52. The number of hydrogen-bond acceptors (Lipinski definition) is 7. The molecule has 1 unspecified atom stereocenters. The normalized spacial score (nSPS) is 16.6. The van der Waals surface area contributed by atoms with Crippen molar-refractivity contribution in [3.05, 3.63) is 44.1 Å². The van der Waals surface area contributed by atoms with E-state index in [-0.39, 0.29) is 10.6 Å². The lowest BCUT2D eigenvalue weighted by atomic mass is 9.70. The highest BCUT2D eigenvalue weighted by molar-refractivity contribution is 7.19. The molecule has 1 atom stereocenters. The first-order valence-corrected chi connectivity index (χ1v) is 12.3. The summed E-state index contributed by atoms with van der Waals surface area (Å²) in [4.78, 5) is 22.9. The molecule has 5 rings (SSSR count). The molecule has 0 saturated heterocycles. The van der Waals surface area contributed by atoms with E-state index in [4.69, 9.17) is 4.98 Å². The molecule has 0 radical (unpaired) electrons. The molecule has 0 fully saturated rings. The third-order valence-corrected chi connectivity index (χ3v) is 8.68. The topological polar surface area (TPSA) is 104 Å². The molecular weight excluding hydrogens is 438 g/mol. The zero-order valence-electron chi connectivity index (χ0n) is 19.8. The summed E-state index contributed by atoms with van der Waals surface area (Å²) >= 11 is 1.80. The van der Waals surface area contributed by atoms with Crippen LogP contribution in [0.4, 0.5) is 5.69 Å². The van der Waals surface area contributed by atoms with Gasteiger partial charge in [-0.15, -0.1) is 16.4 Å². The van der Waals surface area contributed by atoms with Crippen molar-refractivity contribution in [3.8, 4) is 0 Å². The van der Waals surface area contributed by atoms with E-state index in [1.54, 1.807) is 40.7 Å². The molecule has 0 saturated carbocycles. The molecule has 10 heteroatoms. The van der Waals surface area contributed by atoms with Gasteiger partial charge in [0.25, 0.3) is 0 Å². The van der Waals surface area contributed by atoms with Crippen LogP contribution in [0, 0.1) is 35.3 Å². The fourth-order valence-corrected chi connectivity index (χ4v) is 6.32. The predicted molar refractivity (Wildman–Crippen MR) is 128 cm³/mol. The van der Waals surface area contributed by atoms with E-state index in [9.17, 15) is 10.1 Å². The van der Waals surface area contributed by atoms with Gasteiger partial charge in [0.05, 0.1) is 10.3 Å². The number of nitrogens with zero attached hydrogens (tertiary/aromatic N) is 7. The van der Waals surface area contributed by atoms with Gasteiger partial charge in [-0.2, -0.15) is 5.10 Å². The van der Waals surface area contributed by atoms with Gasteiger partial charge in [-0.3, -0.25) is 14.8 Å². The van der Waals surface area contributed by atoms with Crippen LogP contribution in [0.1, 0.15) is 61.3 Å². The van der Waals surface area contributed by atoms with Crippen LogP contribution in [0.2, 0.25) is 0 Å². The Bertz CT molecular complexity index is 1380. The van der Waals surface area contributed by atoms with Crippen molar-refractivity contribution >= 4 is 32.9 Å². The maximum Gasteiger partial charge on any atom is 0.312 e. The molecule has 4 aromatic rings. The van der Waals surface area contributed by atoms with E-state index in [0.29, 0.717) is 41.5 Å². The zero-order valence-corrected chi connectivity index (χ0v) is 20.6. The summed E-state index contributed by atoms with van der Waals surface area (Å²) in [6, 6.07) is 0. The van der Waals surface area contributed by atoms with E-state index in [1.165, 1.54) is 23.3 Å². The first-order chi connectivity index (χ1) is 15.7. The lowest BCUT2D eigenvalue weighted by molar-refractivity contribution is -0.386. The molecule has 4 aromatic heterocycles. The molecule has 0 spiro atoms. The molecule has 1 aliphatic carbocycles. The van der Waals surface area contributed by atoms with Crippen molar-refractivity contribution in [2.45, 2.75) is 73.3 Å². The highest BCUT2D eigenvalue weighted by Crippen LogP contribution is 2.44. The van der Waals surface area contributed by atoms with Crippen LogP contribution < -0.4 is 0 Å². The Kier molecular flexibility index (Phi) is 5.23. The predicted octanol–water partition coefficient (Wildman–Crippen LogP) is 4.84. The van der Waals surface area contributed by atoms with Crippen molar-refractivity contribution in [2.24, 2.45) is 11.3 Å². The van der Waals surface area contributed by atoms with Crippen molar-refractivity contribution in [2.75, 3.05) is 0 Å². The van der Waals surface area contributed by atoms with Gasteiger partial charge in [0, 0.05) is 17.8 Å². The Morgan fingerprint density at radius 3 is 2.79 bits per heavy atom. The SMILES string of the molecule is CCC(C)(C)C1CCc2c(sc3ncn4nc(CCn5nc(C)c([N+](=O)[O-])c5C)nc4c23)C1. The van der Waals surface area contributed by atoms with Gasteiger partial charge >= 0.3 is 5.69 Å². The minimum Gasteiger partial charge on any atom is -0.262 e. The van der Waals surface area contributed by atoms with Crippen molar-refractivity contribution in [1.82, 2.24) is 29.4 Å². The van der Waals surface area contributed by atoms with Crippen LogP contribution in [0.5, 0.6) is 0 Å². The van der Waals surface area contributed by atoms with E-state index in [1.807, 2.05) is 0 Å². The minimum atomic E-state index is -0.369. The van der Waals surface area contributed by atoms with E-state index >= 15 is 0 Å². The number of aryl methyl sites for hydroxylation is 4. The summed E-state index contributed by atoms with van der Waals surface area (Å²) in [6.45, 7) is 10.9. The average molecular weight is 468 g/mol. The maximum atomic E-state index is 11.3. The summed E-state index contributed by atoms with van der Waals surface area (Å²) in [5, 5.41) is 21.4. The highest BCUT2D eigenvalue weighted by Gasteiger charge is 2.33.